The van der Waals surface area contributed by atoms with E-state index in [0.717, 1.165) is 8.64 Å². The molecule has 0 saturated heterocycles. The first-order valence-corrected chi connectivity index (χ1v) is 7.35. The molecule has 0 bridgehead atoms. The fourth-order valence-corrected chi connectivity index (χ4v) is 2.60. The van der Waals surface area contributed by atoms with Crippen molar-refractivity contribution in [1.29, 1.82) is 0 Å². The summed E-state index contributed by atoms with van der Waals surface area (Å²) in [6.07, 6.45) is 0. The van der Waals surface area contributed by atoms with E-state index in [4.69, 9.17) is 29.2 Å². The molecule has 0 heterocycles. The Morgan fingerprint density at radius 2 is 1.24 bits per heavy atom. The average molecular weight is 383 g/mol. The van der Waals surface area contributed by atoms with Crippen molar-refractivity contribution in [3.63, 3.8) is 0 Å². The van der Waals surface area contributed by atoms with Gasteiger partial charge in [-0.3, -0.25) is 4.79 Å². The van der Waals surface area contributed by atoms with E-state index in [-0.39, 0.29) is 19.5 Å². The number of hydrogen-bond acceptors (Lipinski definition) is 5. The van der Waals surface area contributed by atoms with Crippen LogP contribution in [0.25, 0.3) is 0 Å². The molecule has 0 aliphatic carbocycles. The van der Waals surface area contributed by atoms with E-state index < -0.39 is 5.24 Å². The number of primary amides is 1. The van der Waals surface area contributed by atoms with Crippen molar-refractivity contribution in [3.05, 3.63) is 0 Å². The monoisotopic (exact) mass is 381 g/mol. The van der Waals surface area contributed by atoms with E-state index in [2.05, 4.69) is 18.4 Å². The fraction of sp³-hybridized carbons (Fsp3) is 0.571. The molecule has 1 amide bonds. The number of thiol groups is 1. The van der Waals surface area contributed by atoms with Crippen LogP contribution in [-0.2, 0) is 19.5 Å². The molecule has 0 rings (SSSR count). The minimum absolute atomic E-state index is 0. The van der Waals surface area contributed by atoms with Crippen LogP contribution in [0.4, 0.5) is 4.79 Å². The van der Waals surface area contributed by atoms with Gasteiger partial charge in [0.1, 0.15) is 8.64 Å². The van der Waals surface area contributed by atoms with Gasteiger partial charge in [-0.05, 0) is 21.6 Å². The summed E-state index contributed by atoms with van der Waals surface area (Å²) in [5, 5.41) is -0.639. The van der Waals surface area contributed by atoms with Gasteiger partial charge in [-0.25, -0.2) is 0 Å². The summed E-state index contributed by atoms with van der Waals surface area (Å²) in [6, 6.07) is 0. The molecular weight excluding hydrogens is 368 g/mol. The zero-order valence-corrected chi connectivity index (χ0v) is 17.3. The number of amides is 1. The SMILES string of the molecule is CN(C)C(=S)SSC(=S)N(C)C.NC(=O)S.[Zn]. The number of thiocarbonyl (C=S) groups is 2. The Balaban J connectivity index is -0.000000340. The first-order valence-electron chi connectivity index (χ1n) is 3.94. The van der Waals surface area contributed by atoms with Gasteiger partial charge in [0.15, 0.2) is 0 Å². The first-order chi connectivity index (χ1) is 7.18. The van der Waals surface area contributed by atoms with E-state index >= 15 is 0 Å². The van der Waals surface area contributed by atoms with Gasteiger partial charge in [0.2, 0.25) is 0 Å². The van der Waals surface area contributed by atoms with Gasteiger partial charge in [0.25, 0.3) is 5.24 Å². The summed E-state index contributed by atoms with van der Waals surface area (Å²) in [5.41, 5.74) is 4.34. The Hall–Kier alpha value is 0.923. The number of hydrogen-bond donors (Lipinski definition) is 2. The normalized spacial score (nSPS) is 8.06. The average Bonchev–Trinajstić information content (AvgIpc) is 2.12. The van der Waals surface area contributed by atoms with E-state index in [1.54, 1.807) is 0 Å². The minimum atomic E-state index is -0.639. The molecule has 10 heteroatoms. The maximum Gasteiger partial charge on any atom is 0.273 e. The fourth-order valence-electron chi connectivity index (χ4n) is 0.220. The number of nitrogens with zero attached hydrogens (tertiary/aromatic N) is 2. The third-order valence-corrected chi connectivity index (χ3v) is 5.07. The van der Waals surface area contributed by atoms with Crippen molar-refractivity contribution in [3.8, 4) is 0 Å². The van der Waals surface area contributed by atoms with Gasteiger partial charge < -0.3 is 15.5 Å². The first kappa shape index (κ1) is 23.0. The number of carbonyl (C=O) groups excluding carboxylic acids is 1. The molecule has 2 N–H and O–H groups in total. The van der Waals surface area contributed by atoms with Gasteiger partial charge >= 0.3 is 0 Å². The topological polar surface area (TPSA) is 49.6 Å². The van der Waals surface area contributed by atoms with Crippen LogP contribution in [0.2, 0.25) is 0 Å². The maximum absolute atomic E-state index is 9.09. The van der Waals surface area contributed by atoms with Crippen molar-refractivity contribution < 1.29 is 24.3 Å². The Labute approximate surface area is 139 Å². The van der Waals surface area contributed by atoms with Crippen LogP contribution in [0.3, 0.4) is 0 Å². The minimum Gasteiger partial charge on any atom is -0.363 e. The summed E-state index contributed by atoms with van der Waals surface area (Å²) >= 11 is 13.3. The molecule has 0 atom stereocenters. The summed E-state index contributed by atoms with van der Waals surface area (Å²) in [7, 11) is 10.7. The van der Waals surface area contributed by atoms with Crippen molar-refractivity contribution in [2.45, 2.75) is 0 Å². The molecule has 0 unspecified atom stereocenters. The van der Waals surface area contributed by atoms with Crippen LogP contribution >= 0.6 is 58.7 Å². The van der Waals surface area contributed by atoms with Crippen LogP contribution in [0.15, 0.2) is 0 Å². The van der Waals surface area contributed by atoms with Crippen molar-refractivity contribution in [2.75, 3.05) is 28.2 Å². The Kier molecular flexibility index (Phi) is 18.1. The van der Waals surface area contributed by atoms with Crippen LogP contribution in [0.5, 0.6) is 0 Å². The molecule has 0 saturated carbocycles. The van der Waals surface area contributed by atoms with Crippen LogP contribution in [-0.4, -0.2) is 51.9 Å². The molecule has 0 aliphatic rings. The second-order valence-electron chi connectivity index (χ2n) is 2.83. The smallest absolute Gasteiger partial charge is 0.273 e. The standard InChI is InChI=1S/C6H12N2S4.CH3NOS.Zn/c1-7(2)5(9)11-12-6(10)8(3)4;2-1(3)4;/h1-4H3;(H3,2,3,4);. The van der Waals surface area contributed by atoms with E-state index in [9.17, 15) is 0 Å². The third kappa shape index (κ3) is 19.4. The number of rotatable bonds is 0. The Bertz CT molecular complexity index is 238. The van der Waals surface area contributed by atoms with Gasteiger partial charge in [-0.2, -0.15) is 0 Å². The molecular formula is C7H15N3OS5Zn. The second kappa shape index (κ2) is 13.4. The number of nitrogens with two attached hydrogens (primary N) is 1. The second-order valence-corrected chi connectivity index (χ2v) is 6.66. The molecule has 0 aromatic rings. The Morgan fingerprint density at radius 1 is 1.06 bits per heavy atom. The largest absolute Gasteiger partial charge is 0.363 e. The molecule has 0 spiro atoms. The molecule has 0 aliphatic heterocycles. The van der Waals surface area contributed by atoms with Crippen molar-refractivity contribution >= 4 is 72.5 Å². The summed E-state index contributed by atoms with van der Waals surface area (Å²) in [4.78, 5) is 12.9. The molecule has 0 aromatic carbocycles. The summed E-state index contributed by atoms with van der Waals surface area (Å²) in [5.74, 6) is 0. The molecule has 96 valence electrons. The Morgan fingerprint density at radius 3 is 1.35 bits per heavy atom. The van der Waals surface area contributed by atoms with E-state index in [1.807, 2.05) is 38.0 Å². The number of carbonyl (C=O) groups is 1. The molecule has 17 heavy (non-hydrogen) atoms. The van der Waals surface area contributed by atoms with E-state index in [1.165, 1.54) is 21.6 Å². The summed E-state index contributed by atoms with van der Waals surface area (Å²) < 4.78 is 1.67. The maximum atomic E-state index is 9.09. The van der Waals surface area contributed by atoms with Gasteiger partial charge in [-0.15, -0.1) is 0 Å². The van der Waals surface area contributed by atoms with Crippen molar-refractivity contribution in [1.82, 2.24) is 9.80 Å². The van der Waals surface area contributed by atoms with E-state index in [0.29, 0.717) is 0 Å². The summed E-state index contributed by atoms with van der Waals surface area (Å²) in [6.45, 7) is 0. The van der Waals surface area contributed by atoms with Gasteiger partial charge in [0, 0.05) is 47.7 Å². The van der Waals surface area contributed by atoms with Crippen LogP contribution in [0, 0.1) is 0 Å². The third-order valence-electron chi connectivity index (χ3n) is 0.915. The predicted octanol–water partition coefficient (Wildman–Crippen LogP) is 2.05. The molecule has 0 fully saturated rings. The quantitative estimate of drug-likeness (QED) is 0.288. The van der Waals surface area contributed by atoms with Gasteiger partial charge in [-0.1, -0.05) is 37.1 Å². The molecule has 0 aromatic heterocycles. The predicted molar refractivity (Wildman–Crippen MR) is 86.3 cm³/mol. The van der Waals surface area contributed by atoms with Crippen molar-refractivity contribution in [2.24, 2.45) is 5.73 Å². The molecule has 0 radical (unpaired) electrons. The molecule has 4 nitrogen and oxygen atoms in total. The zero-order chi connectivity index (χ0) is 13.3. The zero-order valence-electron chi connectivity index (χ0n) is 10.2. The van der Waals surface area contributed by atoms with Gasteiger partial charge in [0.05, 0.1) is 0 Å². The van der Waals surface area contributed by atoms with Crippen LogP contribution < -0.4 is 5.73 Å². The van der Waals surface area contributed by atoms with Crippen LogP contribution in [0.1, 0.15) is 0 Å².